The van der Waals surface area contributed by atoms with Gasteiger partial charge in [-0.05, 0) is 24.3 Å². The average Bonchev–Trinajstić information content (AvgIpc) is 3.30. The van der Waals surface area contributed by atoms with Crippen molar-refractivity contribution in [2.24, 2.45) is 7.05 Å². The van der Waals surface area contributed by atoms with Gasteiger partial charge in [0.05, 0.1) is 17.5 Å². The first-order valence-corrected chi connectivity index (χ1v) is 8.93. The first-order chi connectivity index (χ1) is 13.6. The van der Waals surface area contributed by atoms with Crippen molar-refractivity contribution >= 4 is 17.0 Å². The molecule has 0 saturated heterocycles. The molecule has 2 aromatic carbocycles. The number of aromatic nitrogens is 3. The van der Waals surface area contributed by atoms with Gasteiger partial charge in [-0.15, -0.1) is 0 Å². The number of hydrogen-bond donors (Lipinski definition) is 0. The summed E-state index contributed by atoms with van der Waals surface area (Å²) in [6.07, 6.45) is 1.57. The van der Waals surface area contributed by atoms with E-state index in [-0.39, 0.29) is 25.3 Å². The van der Waals surface area contributed by atoms with Crippen molar-refractivity contribution in [3.05, 3.63) is 77.0 Å². The summed E-state index contributed by atoms with van der Waals surface area (Å²) in [6.45, 7) is 0.284. The molecule has 0 bridgehead atoms. The van der Waals surface area contributed by atoms with Crippen LogP contribution in [0, 0.1) is 0 Å². The van der Waals surface area contributed by atoms with Crippen LogP contribution in [0.1, 0.15) is 12.1 Å². The molecule has 0 aliphatic carbocycles. The highest BCUT2D eigenvalue weighted by Crippen LogP contribution is 2.18. The van der Waals surface area contributed by atoms with Crippen molar-refractivity contribution in [3.8, 4) is 11.5 Å². The normalized spacial score (nSPS) is 11.0. The molecule has 0 unspecified atom stereocenters. The lowest BCUT2D eigenvalue weighted by molar-refractivity contribution is -0.145. The van der Waals surface area contributed by atoms with Gasteiger partial charge in [0.1, 0.15) is 18.6 Å². The smallest absolute Gasteiger partial charge is 0.328 e. The highest BCUT2D eigenvalue weighted by molar-refractivity contribution is 5.76. The van der Waals surface area contributed by atoms with Crippen molar-refractivity contribution < 1.29 is 13.9 Å². The number of fused-ring (bicyclic) bond motifs is 1. The molecule has 0 saturated carbocycles. The minimum Gasteiger partial charge on any atom is -0.459 e. The Bertz CT molecular complexity index is 1170. The zero-order valence-corrected chi connectivity index (χ0v) is 15.4. The van der Waals surface area contributed by atoms with Crippen molar-refractivity contribution in [2.75, 3.05) is 0 Å². The first kappa shape index (κ1) is 17.8. The summed E-state index contributed by atoms with van der Waals surface area (Å²) in [7, 11) is 1.72. The molecule has 2 heterocycles. The van der Waals surface area contributed by atoms with Crippen LogP contribution in [0.25, 0.3) is 22.5 Å². The lowest BCUT2D eigenvalue weighted by atomic mass is 10.2. The van der Waals surface area contributed by atoms with Crippen LogP contribution in [0.15, 0.2) is 70.1 Å². The Hall–Kier alpha value is -3.61. The summed E-state index contributed by atoms with van der Waals surface area (Å²) in [5.74, 6) is 0.0815. The third-order valence-electron chi connectivity index (χ3n) is 4.54. The van der Waals surface area contributed by atoms with Gasteiger partial charge in [0.15, 0.2) is 0 Å². The van der Waals surface area contributed by atoms with Gasteiger partial charge >= 0.3 is 11.7 Å². The molecular weight excluding hydrogens is 358 g/mol. The minimum absolute atomic E-state index is 0.0274. The molecule has 0 amide bonds. The molecule has 4 aromatic rings. The van der Waals surface area contributed by atoms with E-state index in [0.29, 0.717) is 11.6 Å². The standard InChI is InChI=1S/C21H19N3O4/c1-23-17-9-5-6-10-18(17)24(21(23)26)12-11-19(25)27-13-16-14-28-20(22-16)15-7-3-2-4-8-15/h2-10,14H,11-13H2,1H3. The number of imidazole rings is 1. The third-order valence-corrected chi connectivity index (χ3v) is 4.54. The van der Waals surface area contributed by atoms with Crippen LogP contribution in [0.3, 0.4) is 0 Å². The fraction of sp³-hybridized carbons (Fsp3) is 0.190. The minimum atomic E-state index is -0.399. The molecule has 0 aliphatic heterocycles. The van der Waals surface area contributed by atoms with Gasteiger partial charge in [-0.3, -0.25) is 13.9 Å². The molecular formula is C21H19N3O4. The maximum absolute atomic E-state index is 12.4. The Labute approximate surface area is 160 Å². The van der Waals surface area contributed by atoms with Gasteiger partial charge in [0.2, 0.25) is 5.89 Å². The SMILES string of the molecule is Cn1c(=O)n(CCC(=O)OCc2coc(-c3ccccc3)n2)c2ccccc21. The zero-order chi connectivity index (χ0) is 19.5. The average molecular weight is 377 g/mol. The van der Waals surface area contributed by atoms with Crippen LogP contribution >= 0.6 is 0 Å². The maximum Gasteiger partial charge on any atom is 0.328 e. The molecule has 0 aliphatic rings. The van der Waals surface area contributed by atoms with Crippen molar-refractivity contribution in [1.29, 1.82) is 0 Å². The molecule has 142 valence electrons. The van der Waals surface area contributed by atoms with Crippen molar-refractivity contribution in [3.63, 3.8) is 0 Å². The van der Waals surface area contributed by atoms with Gasteiger partial charge in [0, 0.05) is 19.2 Å². The summed E-state index contributed by atoms with van der Waals surface area (Å²) in [6, 6.07) is 17.0. The monoisotopic (exact) mass is 377 g/mol. The zero-order valence-electron chi connectivity index (χ0n) is 15.4. The molecule has 7 nitrogen and oxygen atoms in total. The number of carbonyl (C=O) groups is 1. The third kappa shape index (κ3) is 3.46. The number of ether oxygens (including phenoxy) is 1. The Kier molecular flexibility index (Phi) is 4.80. The molecule has 7 heteroatoms. The number of para-hydroxylation sites is 2. The van der Waals surface area contributed by atoms with E-state index in [1.165, 1.54) is 6.26 Å². The summed E-state index contributed by atoms with van der Waals surface area (Å²) in [5.41, 5.74) is 2.87. The van der Waals surface area contributed by atoms with E-state index in [1.807, 2.05) is 54.6 Å². The number of nitrogens with zero attached hydrogens (tertiary/aromatic N) is 3. The van der Waals surface area contributed by atoms with E-state index >= 15 is 0 Å². The Morgan fingerprint density at radius 2 is 1.79 bits per heavy atom. The van der Waals surface area contributed by atoms with Crippen LogP contribution in [-0.2, 0) is 29.7 Å². The number of oxazole rings is 1. The van der Waals surface area contributed by atoms with E-state index in [0.717, 1.165) is 16.6 Å². The Morgan fingerprint density at radius 1 is 1.07 bits per heavy atom. The van der Waals surface area contributed by atoms with Crippen LogP contribution in [-0.4, -0.2) is 20.1 Å². The van der Waals surface area contributed by atoms with Gasteiger partial charge in [-0.1, -0.05) is 30.3 Å². The summed E-state index contributed by atoms with van der Waals surface area (Å²) in [4.78, 5) is 28.8. The Morgan fingerprint density at radius 3 is 2.57 bits per heavy atom. The Balaban J connectivity index is 1.37. The highest BCUT2D eigenvalue weighted by atomic mass is 16.5. The molecule has 0 spiro atoms. The topological polar surface area (TPSA) is 79.3 Å². The lowest BCUT2D eigenvalue weighted by Crippen LogP contribution is -2.23. The van der Waals surface area contributed by atoms with Crippen LogP contribution in [0.4, 0.5) is 0 Å². The molecule has 4 rings (SSSR count). The number of benzene rings is 2. The van der Waals surface area contributed by atoms with Crippen LogP contribution < -0.4 is 5.69 Å². The van der Waals surface area contributed by atoms with E-state index in [4.69, 9.17) is 9.15 Å². The number of carbonyl (C=O) groups excluding carboxylic acids is 1. The van der Waals surface area contributed by atoms with E-state index in [2.05, 4.69) is 4.98 Å². The van der Waals surface area contributed by atoms with Gasteiger partial charge in [0.25, 0.3) is 0 Å². The molecule has 0 fully saturated rings. The largest absolute Gasteiger partial charge is 0.459 e. The second-order valence-electron chi connectivity index (χ2n) is 6.40. The van der Waals surface area contributed by atoms with E-state index < -0.39 is 5.97 Å². The van der Waals surface area contributed by atoms with Gasteiger partial charge in [-0.2, -0.15) is 0 Å². The van der Waals surface area contributed by atoms with E-state index in [9.17, 15) is 9.59 Å². The predicted molar refractivity (Wildman–Crippen MR) is 104 cm³/mol. The summed E-state index contributed by atoms with van der Waals surface area (Å²) in [5, 5.41) is 0. The van der Waals surface area contributed by atoms with E-state index in [1.54, 1.807) is 16.2 Å². The first-order valence-electron chi connectivity index (χ1n) is 8.93. The maximum atomic E-state index is 12.4. The molecule has 0 radical (unpaired) electrons. The predicted octanol–water partition coefficient (Wildman–Crippen LogP) is 3.13. The van der Waals surface area contributed by atoms with Crippen molar-refractivity contribution in [1.82, 2.24) is 14.1 Å². The summed E-state index contributed by atoms with van der Waals surface area (Å²) < 4.78 is 13.9. The second kappa shape index (κ2) is 7.56. The quantitative estimate of drug-likeness (QED) is 0.482. The summed E-state index contributed by atoms with van der Waals surface area (Å²) >= 11 is 0. The highest BCUT2D eigenvalue weighted by Gasteiger charge is 2.13. The fourth-order valence-electron chi connectivity index (χ4n) is 3.10. The number of hydrogen-bond acceptors (Lipinski definition) is 5. The lowest BCUT2D eigenvalue weighted by Gasteiger charge is -2.04. The molecule has 0 N–H and O–H groups in total. The van der Waals surface area contributed by atoms with Gasteiger partial charge < -0.3 is 9.15 Å². The number of rotatable bonds is 6. The molecule has 2 aromatic heterocycles. The van der Waals surface area contributed by atoms with Crippen LogP contribution in [0.2, 0.25) is 0 Å². The van der Waals surface area contributed by atoms with Crippen LogP contribution in [0.5, 0.6) is 0 Å². The molecule has 0 atom stereocenters. The van der Waals surface area contributed by atoms with Crippen molar-refractivity contribution in [2.45, 2.75) is 19.6 Å². The van der Waals surface area contributed by atoms with Gasteiger partial charge in [-0.25, -0.2) is 9.78 Å². The number of aryl methyl sites for hydroxylation is 2. The fourth-order valence-corrected chi connectivity index (χ4v) is 3.10. The number of esters is 1. The second-order valence-corrected chi connectivity index (χ2v) is 6.40. The molecule has 28 heavy (non-hydrogen) atoms.